The van der Waals surface area contributed by atoms with E-state index in [9.17, 15) is 26.3 Å². The second-order valence-electron chi connectivity index (χ2n) is 4.62. The summed E-state index contributed by atoms with van der Waals surface area (Å²) < 4.78 is 72.4. The SMILES string of the molecule is CC(CCCC(F)(F)F)Nc1ccc(SC(F)(F)F)cc1. The monoisotopic (exact) mass is 331 g/mol. The molecule has 0 aliphatic rings. The molecule has 1 nitrogen and oxygen atoms in total. The van der Waals surface area contributed by atoms with Crippen molar-refractivity contribution in [2.24, 2.45) is 0 Å². The van der Waals surface area contributed by atoms with E-state index in [-0.39, 0.29) is 29.1 Å². The molecule has 0 aromatic heterocycles. The lowest BCUT2D eigenvalue weighted by molar-refractivity contribution is -0.135. The molecule has 0 aliphatic carbocycles. The Bertz CT molecular complexity index is 426. The predicted molar refractivity (Wildman–Crippen MR) is 71.3 cm³/mol. The molecule has 21 heavy (non-hydrogen) atoms. The molecule has 1 N–H and O–H groups in total. The van der Waals surface area contributed by atoms with Gasteiger partial charge in [0.1, 0.15) is 0 Å². The third kappa shape index (κ3) is 8.75. The van der Waals surface area contributed by atoms with Gasteiger partial charge in [-0.3, -0.25) is 0 Å². The Hall–Kier alpha value is -1.05. The fourth-order valence-electron chi connectivity index (χ4n) is 1.72. The van der Waals surface area contributed by atoms with Gasteiger partial charge in [0.25, 0.3) is 0 Å². The Balaban J connectivity index is 2.41. The van der Waals surface area contributed by atoms with Gasteiger partial charge in [-0.15, -0.1) is 0 Å². The summed E-state index contributed by atoms with van der Waals surface area (Å²) in [6, 6.07) is 5.42. The van der Waals surface area contributed by atoms with E-state index in [2.05, 4.69) is 5.32 Å². The van der Waals surface area contributed by atoms with Gasteiger partial charge in [-0.05, 0) is 55.8 Å². The van der Waals surface area contributed by atoms with E-state index in [1.54, 1.807) is 6.92 Å². The molecule has 8 heteroatoms. The molecule has 0 saturated carbocycles. The summed E-state index contributed by atoms with van der Waals surface area (Å²) in [4.78, 5) is 0.0674. The van der Waals surface area contributed by atoms with E-state index >= 15 is 0 Å². The van der Waals surface area contributed by atoms with Crippen molar-refractivity contribution < 1.29 is 26.3 Å². The summed E-state index contributed by atoms with van der Waals surface area (Å²) in [5.74, 6) is 0. The molecular formula is C13H15F6NS. The third-order valence-corrected chi connectivity index (χ3v) is 3.34. The number of halogens is 6. The summed E-state index contributed by atoms with van der Waals surface area (Å²) in [6.45, 7) is 1.73. The van der Waals surface area contributed by atoms with E-state index in [0.29, 0.717) is 12.1 Å². The summed E-state index contributed by atoms with van der Waals surface area (Å²) >= 11 is -0.208. The van der Waals surface area contributed by atoms with E-state index < -0.39 is 18.1 Å². The first-order chi connectivity index (χ1) is 9.55. The molecule has 0 amide bonds. The minimum atomic E-state index is -4.33. The molecule has 1 unspecified atom stereocenters. The van der Waals surface area contributed by atoms with Crippen molar-refractivity contribution in [3.05, 3.63) is 24.3 Å². The molecule has 0 bridgehead atoms. The smallest absolute Gasteiger partial charge is 0.383 e. The first-order valence-corrected chi connectivity index (χ1v) is 7.06. The number of alkyl halides is 6. The molecular weight excluding hydrogens is 316 g/mol. The van der Waals surface area contributed by atoms with E-state index in [1.165, 1.54) is 24.3 Å². The van der Waals surface area contributed by atoms with E-state index in [4.69, 9.17) is 0 Å². The van der Waals surface area contributed by atoms with Crippen LogP contribution in [0.5, 0.6) is 0 Å². The maximum absolute atomic E-state index is 12.1. The summed E-state index contributed by atoms with van der Waals surface area (Å²) in [5, 5.41) is 2.96. The maximum atomic E-state index is 12.1. The lowest BCUT2D eigenvalue weighted by atomic mass is 10.1. The number of anilines is 1. The van der Waals surface area contributed by atoms with Gasteiger partial charge >= 0.3 is 11.7 Å². The normalized spacial score (nSPS) is 14.0. The van der Waals surface area contributed by atoms with Gasteiger partial charge in [0.15, 0.2) is 0 Å². The molecule has 1 aromatic rings. The summed E-state index contributed by atoms with van der Waals surface area (Å²) in [5.41, 5.74) is -3.75. The number of hydrogen-bond acceptors (Lipinski definition) is 2. The number of nitrogens with one attached hydrogen (secondary N) is 1. The molecule has 0 radical (unpaired) electrons. The Kier molecular flexibility index (Phi) is 6.24. The predicted octanol–water partition coefficient (Wildman–Crippen LogP) is 5.83. The zero-order valence-electron chi connectivity index (χ0n) is 11.2. The topological polar surface area (TPSA) is 12.0 Å². The second kappa shape index (κ2) is 7.29. The lowest BCUT2D eigenvalue weighted by Crippen LogP contribution is -2.16. The Morgan fingerprint density at radius 1 is 1.05 bits per heavy atom. The van der Waals surface area contributed by atoms with Gasteiger partial charge in [-0.2, -0.15) is 26.3 Å². The molecule has 0 fully saturated rings. The Morgan fingerprint density at radius 2 is 1.62 bits per heavy atom. The number of benzene rings is 1. The number of hydrogen-bond donors (Lipinski definition) is 1. The van der Waals surface area contributed by atoms with Crippen LogP contribution >= 0.6 is 11.8 Å². The standard InChI is InChI=1S/C13H15F6NS/c1-9(3-2-8-12(14,15)16)20-10-4-6-11(7-5-10)21-13(17,18)19/h4-7,9,20H,2-3,8H2,1H3. The second-order valence-corrected chi connectivity index (χ2v) is 5.76. The summed E-state index contributed by atoms with van der Waals surface area (Å²) in [7, 11) is 0. The van der Waals surface area contributed by atoms with Crippen molar-refractivity contribution in [1.29, 1.82) is 0 Å². The van der Waals surface area contributed by atoms with Crippen LogP contribution in [0.1, 0.15) is 26.2 Å². The van der Waals surface area contributed by atoms with Crippen LogP contribution in [0.25, 0.3) is 0 Å². The number of rotatable bonds is 6. The maximum Gasteiger partial charge on any atom is 0.446 e. The average molecular weight is 331 g/mol. The van der Waals surface area contributed by atoms with E-state index in [0.717, 1.165) is 0 Å². The van der Waals surface area contributed by atoms with Crippen LogP contribution in [0.2, 0.25) is 0 Å². The molecule has 120 valence electrons. The Labute approximate surface area is 123 Å². The molecule has 1 atom stereocenters. The Morgan fingerprint density at radius 3 is 2.10 bits per heavy atom. The number of thioether (sulfide) groups is 1. The van der Waals surface area contributed by atoms with Crippen LogP contribution in [0.15, 0.2) is 29.2 Å². The first kappa shape index (κ1) is 18.0. The van der Waals surface area contributed by atoms with Crippen LogP contribution in [-0.2, 0) is 0 Å². The highest BCUT2D eigenvalue weighted by atomic mass is 32.2. The quantitative estimate of drug-likeness (QED) is 0.520. The molecule has 1 rings (SSSR count). The van der Waals surface area contributed by atoms with E-state index in [1.807, 2.05) is 0 Å². The minimum absolute atomic E-state index is 0.0136. The van der Waals surface area contributed by atoms with Crippen molar-refractivity contribution in [3.63, 3.8) is 0 Å². The molecule has 0 saturated heterocycles. The van der Waals surface area contributed by atoms with Gasteiger partial charge in [-0.25, -0.2) is 0 Å². The highest BCUT2D eigenvalue weighted by molar-refractivity contribution is 8.00. The highest BCUT2D eigenvalue weighted by Crippen LogP contribution is 2.37. The first-order valence-electron chi connectivity index (χ1n) is 6.24. The highest BCUT2D eigenvalue weighted by Gasteiger charge is 2.29. The molecule has 0 spiro atoms. The zero-order chi connectivity index (χ0) is 16.1. The molecule has 0 heterocycles. The summed E-state index contributed by atoms with van der Waals surface area (Å²) in [6.07, 6.45) is -4.64. The van der Waals surface area contributed by atoms with Crippen molar-refractivity contribution in [3.8, 4) is 0 Å². The van der Waals surface area contributed by atoms with Crippen LogP contribution in [-0.4, -0.2) is 17.7 Å². The molecule has 0 aliphatic heterocycles. The van der Waals surface area contributed by atoms with Crippen molar-refractivity contribution >= 4 is 17.4 Å². The third-order valence-electron chi connectivity index (χ3n) is 2.60. The average Bonchev–Trinajstić information content (AvgIpc) is 2.28. The van der Waals surface area contributed by atoms with Crippen molar-refractivity contribution in [2.45, 2.75) is 48.8 Å². The van der Waals surface area contributed by atoms with Gasteiger partial charge < -0.3 is 5.32 Å². The van der Waals surface area contributed by atoms with Gasteiger partial charge in [-0.1, -0.05) is 0 Å². The fourth-order valence-corrected chi connectivity index (χ4v) is 2.26. The van der Waals surface area contributed by atoms with Gasteiger partial charge in [0.05, 0.1) is 0 Å². The van der Waals surface area contributed by atoms with Crippen LogP contribution < -0.4 is 5.32 Å². The van der Waals surface area contributed by atoms with Crippen molar-refractivity contribution in [2.75, 3.05) is 5.32 Å². The van der Waals surface area contributed by atoms with Gasteiger partial charge in [0, 0.05) is 23.0 Å². The largest absolute Gasteiger partial charge is 0.446 e. The zero-order valence-corrected chi connectivity index (χ0v) is 12.0. The fraction of sp³-hybridized carbons (Fsp3) is 0.538. The van der Waals surface area contributed by atoms with Crippen molar-refractivity contribution in [1.82, 2.24) is 0 Å². The van der Waals surface area contributed by atoms with Crippen LogP contribution in [0.3, 0.4) is 0 Å². The van der Waals surface area contributed by atoms with Crippen LogP contribution in [0, 0.1) is 0 Å². The minimum Gasteiger partial charge on any atom is -0.383 e. The lowest BCUT2D eigenvalue weighted by Gasteiger charge is -2.16. The van der Waals surface area contributed by atoms with Gasteiger partial charge in [0.2, 0.25) is 0 Å². The van der Waals surface area contributed by atoms with Crippen LogP contribution in [0.4, 0.5) is 32.0 Å². The molecule has 1 aromatic carbocycles.